The summed E-state index contributed by atoms with van der Waals surface area (Å²) in [6.07, 6.45) is 0.848. The first kappa shape index (κ1) is 14.5. The standard InChI is InChI=1S/C14H17N3O2S/c1-17(2)13-4-3-10(7-15-13)14(19)16-8-12(18)11-5-6-20-9-11/h3-7,9,12,18H,8H2,1-2H3,(H,16,19). The van der Waals surface area contributed by atoms with Gasteiger partial charge in [0.1, 0.15) is 5.82 Å². The summed E-state index contributed by atoms with van der Waals surface area (Å²) in [6, 6.07) is 5.34. The number of nitrogens with one attached hydrogen (secondary N) is 1. The maximum absolute atomic E-state index is 11.9. The fourth-order valence-electron chi connectivity index (χ4n) is 1.66. The van der Waals surface area contributed by atoms with Gasteiger partial charge in [-0.1, -0.05) is 0 Å². The van der Waals surface area contributed by atoms with Crippen molar-refractivity contribution in [3.8, 4) is 0 Å². The van der Waals surface area contributed by atoms with Crippen molar-refractivity contribution < 1.29 is 9.90 Å². The van der Waals surface area contributed by atoms with Gasteiger partial charge in [-0.05, 0) is 34.5 Å². The highest BCUT2D eigenvalue weighted by molar-refractivity contribution is 7.07. The number of carbonyl (C=O) groups excluding carboxylic acids is 1. The van der Waals surface area contributed by atoms with Crippen molar-refractivity contribution in [1.29, 1.82) is 0 Å². The quantitative estimate of drug-likeness (QED) is 0.879. The van der Waals surface area contributed by atoms with Crippen LogP contribution < -0.4 is 10.2 Å². The predicted molar refractivity (Wildman–Crippen MR) is 80.2 cm³/mol. The van der Waals surface area contributed by atoms with Gasteiger partial charge in [0.25, 0.3) is 5.91 Å². The van der Waals surface area contributed by atoms with Crippen LogP contribution in [0.2, 0.25) is 0 Å². The highest BCUT2D eigenvalue weighted by Crippen LogP contribution is 2.15. The molecule has 2 heterocycles. The number of hydrogen-bond acceptors (Lipinski definition) is 5. The highest BCUT2D eigenvalue weighted by atomic mass is 32.1. The van der Waals surface area contributed by atoms with Gasteiger partial charge in [-0.3, -0.25) is 4.79 Å². The van der Waals surface area contributed by atoms with E-state index in [0.29, 0.717) is 5.56 Å². The molecular formula is C14H17N3O2S. The van der Waals surface area contributed by atoms with Crippen molar-refractivity contribution in [2.24, 2.45) is 0 Å². The number of pyridine rings is 1. The van der Waals surface area contributed by atoms with E-state index in [9.17, 15) is 9.90 Å². The fourth-order valence-corrected chi connectivity index (χ4v) is 2.37. The molecule has 0 bridgehead atoms. The molecule has 6 heteroatoms. The molecule has 0 fully saturated rings. The van der Waals surface area contributed by atoms with E-state index in [-0.39, 0.29) is 12.5 Å². The maximum atomic E-state index is 11.9. The molecule has 0 radical (unpaired) electrons. The van der Waals surface area contributed by atoms with Gasteiger partial charge in [-0.15, -0.1) is 0 Å². The van der Waals surface area contributed by atoms with Gasteiger partial charge in [0.2, 0.25) is 0 Å². The summed E-state index contributed by atoms with van der Waals surface area (Å²) >= 11 is 1.52. The maximum Gasteiger partial charge on any atom is 0.252 e. The van der Waals surface area contributed by atoms with E-state index in [2.05, 4.69) is 10.3 Å². The van der Waals surface area contributed by atoms with E-state index in [0.717, 1.165) is 11.4 Å². The normalized spacial score (nSPS) is 11.9. The zero-order valence-corrected chi connectivity index (χ0v) is 12.2. The largest absolute Gasteiger partial charge is 0.387 e. The average Bonchev–Trinajstić information content (AvgIpc) is 2.98. The Kier molecular flexibility index (Phi) is 4.70. The first-order valence-electron chi connectivity index (χ1n) is 6.19. The lowest BCUT2D eigenvalue weighted by atomic mass is 10.2. The zero-order valence-electron chi connectivity index (χ0n) is 11.4. The average molecular weight is 291 g/mol. The minimum absolute atomic E-state index is 0.186. The fraction of sp³-hybridized carbons (Fsp3) is 0.286. The number of aliphatic hydroxyl groups is 1. The summed E-state index contributed by atoms with van der Waals surface area (Å²) in [6.45, 7) is 0.186. The molecule has 106 valence electrons. The first-order chi connectivity index (χ1) is 9.58. The van der Waals surface area contributed by atoms with Crippen molar-refractivity contribution in [2.45, 2.75) is 6.10 Å². The summed E-state index contributed by atoms with van der Waals surface area (Å²) in [5, 5.41) is 16.3. The third kappa shape index (κ3) is 3.55. The minimum atomic E-state index is -0.681. The SMILES string of the molecule is CN(C)c1ccc(C(=O)NCC(O)c2ccsc2)cn1. The summed E-state index contributed by atoms with van der Waals surface area (Å²) in [7, 11) is 3.78. The number of aromatic nitrogens is 1. The van der Waals surface area contributed by atoms with Crippen molar-refractivity contribution in [3.05, 3.63) is 46.3 Å². The van der Waals surface area contributed by atoms with Gasteiger partial charge in [-0.2, -0.15) is 11.3 Å². The topological polar surface area (TPSA) is 65.5 Å². The van der Waals surface area contributed by atoms with Crippen LogP contribution in [0.1, 0.15) is 22.0 Å². The molecular weight excluding hydrogens is 274 g/mol. The van der Waals surface area contributed by atoms with Gasteiger partial charge in [-0.25, -0.2) is 4.98 Å². The number of amides is 1. The Morgan fingerprint density at radius 2 is 2.25 bits per heavy atom. The second-order valence-electron chi connectivity index (χ2n) is 4.58. The van der Waals surface area contributed by atoms with Crippen molar-refractivity contribution in [1.82, 2.24) is 10.3 Å². The molecule has 0 aliphatic rings. The van der Waals surface area contributed by atoms with Crippen molar-refractivity contribution in [3.63, 3.8) is 0 Å². The van der Waals surface area contributed by atoms with E-state index in [1.165, 1.54) is 17.5 Å². The number of aliphatic hydroxyl groups excluding tert-OH is 1. The van der Waals surface area contributed by atoms with Crippen LogP contribution in [0.5, 0.6) is 0 Å². The van der Waals surface area contributed by atoms with Crippen LogP contribution >= 0.6 is 11.3 Å². The lowest BCUT2D eigenvalue weighted by Gasteiger charge is -2.12. The van der Waals surface area contributed by atoms with Gasteiger partial charge in [0.05, 0.1) is 11.7 Å². The Bertz CT molecular complexity index is 552. The number of anilines is 1. The molecule has 2 aromatic rings. The molecule has 0 spiro atoms. The molecule has 0 aliphatic carbocycles. The van der Waals surface area contributed by atoms with Gasteiger partial charge in [0.15, 0.2) is 0 Å². The van der Waals surface area contributed by atoms with Crippen molar-refractivity contribution >= 4 is 23.1 Å². The van der Waals surface area contributed by atoms with Gasteiger partial charge >= 0.3 is 0 Å². The van der Waals surface area contributed by atoms with Gasteiger partial charge in [0, 0.05) is 26.8 Å². The molecule has 2 rings (SSSR count). The van der Waals surface area contributed by atoms with Crippen LogP contribution in [0.4, 0.5) is 5.82 Å². The number of hydrogen-bond donors (Lipinski definition) is 2. The third-order valence-corrected chi connectivity index (χ3v) is 3.55. The predicted octanol–water partition coefficient (Wildman–Crippen LogP) is 1.67. The van der Waals surface area contributed by atoms with Crippen LogP contribution in [0.15, 0.2) is 35.2 Å². The lowest BCUT2D eigenvalue weighted by molar-refractivity contribution is 0.0916. The molecule has 2 aromatic heterocycles. The van der Waals surface area contributed by atoms with Crippen LogP contribution in [-0.4, -0.2) is 36.6 Å². The van der Waals surface area contributed by atoms with Gasteiger partial charge < -0.3 is 15.3 Å². The Morgan fingerprint density at radius 3 is 2.80 bits per heavy atom. The minimum Gasteiger partial charge on any atom is -0.387 e. The first-order valence-corrected chi connectivity index (χ1v) is 7.14. The Labute approximate surface area is 121 Å². The Hall–Kier alpha value is -1.92. The van der Waals surface area contributed by atoms with E-state index in [4.69, 9.17) is 0 Å². The third-order valence-electron chi connectivity index (χ3n) is 2.85. The van der Waals surface area contributed by atoms with Crippen molar-refractivity contribution in [2.75, 3.05) is 25.5 Å². The smallest absolute Gasteiger partial charge is 0.252 e. The molecule has 0 saturated heterocycles. The van der Waals surface area contributed by atoms with E-state index < -0.39 is 6.10 Å². The Balaban J connectivity index is 1.91. The number of thiophene rings is 1. The zero-order chi connectivity index (χ0) is 14.5. The molecule has 0 aromatic carbocycles. The van der Waals surface area contributed by atoms with Crippen LogP contribution in [0.25, 0.3) is 0 Å². The second kappa shape index (κ2) is 6.49. The highest BCUT2D eigenvalue weighted by Gasteiger charge is 2.11. The van der Waals surface area contributed by atoms with E-state index in [1.54, 1.807) is 12.1 Å². The second-order valence-corrected chi connectivity index (χ2v) is 5.36. The molecule has 1 amide bonds. The van der Waals surface area contributed by atoms with Crippen LogP contribution in [0, 0.1) is 0 Å². The number of rotatable bonds is 5. The molecule has 20 heavy (non-hydrogen) atoms. The van der Waals surface area contributed by atoms with Crippen LogP contribution in [-0.2, 0) is 0 Å². The summed E-state index contributed by atoms with van der Waals surface area (Å²) in [4.78, 5) is 18.0. The molecule has 1 atom stereocenters. The Morgan fingerprint density at radius 1 is 1.45 bits per heavy atom. The molecule has 0 aliphatic heterocycles. The van der Waals surface area contributed by atoms with Crippen LogP contribution in [0.3, 0.4) is 0 Å². The summed E-state index contributed by atoms with van der Waals surface area (Å²) in [5.41, 5.74) is 1.30. The molecule has 5 nitrogen and oxygen atoms in total. The molecule has 0 saturated carbocycles. The summed E-state index contributed by atoms with van der Waals surface area (Å²) in [5.74, 6) is 0.553. The lowest BCUT2D eigenvalue weighted by Crippen LogP contribution is -2.28. The number of carbonyl (C=O) groups is 1. The van der Waals surface area contributed by atoms with E-state index >= 15 is 0 Å². The summed E-state index contributed by atoms with van der Waals surface area (Å²) < 4.78 is 0. The van der Waals surface area contributed by atoms with E-state index in [1.807, 2.05) is 35.8 Å². The monoisotopic (exact) mass is 291 g/mol. The molecule has 1 unspecified atom stereocenters. The number of nitrogens with zero attached hydrogens (tertiary/aromatic N) is 2. The molecule has 2 N–H and O–H groups in total.